The van der Waals surface area contributed by atoms with Crippen molar-refractivity contribution in [1.29, 1.82) is 0 Å². The zero-order valence-electron chi connectivity index (χ0n) is 18.0. The first-order valence-electron chi connectivity index (χ1n) is 11.0. The van der Waals surface area contributed by atoms with Crippen LogP contribution in [0.5, 0.6) is 0 Å². The fourth-order valence-electron chi connectivity index (χ4n) is 4.46. The van der Waals surface area contributed by atoms with Gasteiger partial charge in [-0.1, -0.05) is 42.0 Å². The summed E-state index contributed by atoms with van der Waals surface area (Å²) in [6.45, 7) is 4.95. The number of rotatable bonds is 7. The molecular weight excluding hydrogens is 390 g/mol. The third-order valence-corrected chi connectivity index (χ3v) is 6.03. The monoisotopic (exact) mass is 419 g/mol. The van der Waals surface area contributed by atoms with Gasteiger partial charge in [-0.2, -0.15) is 0 Å². The molecule has 1 N–H and O–H groups in total. The van der Waals surface area contributed by atoms with Crippen molar-refractivity contribution >= 4 is 17.7 Å². The number of hydrogen-bond acceptors (Lipinski definition) is 4. The molecule has 1 atom stereocenters. The summed E-state index contributed by atoms with van der Waals surface area (Å²) in [4.78, 5) is 41.1. The molecule has 0 bridgehead atoms. The Kier molecular flexibility index (Phi) is 6.47. The predicted octanol–water partition coefficient (Wildman–Crippen LogP) is 3.15. The van der Waals surface area contributed by atoms with Gasteiger partial charge in [0, 0.05) is 32.1 Å². The van der Waals surface area contributed by atoms with Crippen molar-refractivity contribution in [1.82, 2.24) is 15.1 Å². The van der Waals surface area contributed by atoms with Crippen LogP contribution < -0.4 is 5.32 Å². The van der Waals surface area contributed by atoms with Crippen LogP contribution in [0.1, 0.15) is 57.5 Å². The fourth-order valence-corrected chi connectivity index (χ4v) is 4.46. The van der Waals surface area contributed by atoms with Crippen LogP contribution in [0.15, 0.2) is 48.5 Å². The van der Waals surface area contributed by atoms with Gasteiger partial charge in [-0.15, -0.1) is 0 Å². The van der Waals surface area contributed by atoms with Gasteiger partial charge < -0.3 is 5.32 Å². The summed E-state index contributed by atoms with van der Waals surface area (Å²) in [7, 11) is 0. The topological polar surface area (TPSA) is 69.7 Å². The van der Waals surface area contributed by atoms with Crippen LogP contribution in [-0.2, 0) is 11.3 Å². The molecule has 1 fully saturated rings. The molecule has 0 saturated carbocycles. The molecule has 2 aromatic carbocycles. The number of nitrogens with one attached hydrogen (secondary N) is 1. The van der Waals surface area contributed by atoms with Crippen LogP contribution in [0.4, 0.5) is 0 Å². The Balaban J connectivity index is 1.22. The molecule has 6 nitrogen and oxygen atoms in total. The van der Waals surface area contributed by atoms with Crippen molar-refractivity contribution in [2.24, 2.45) is 0 Å². The zero-order valence-corrected chi connectivity index (χ0v) is 18.0. The van der Waals surface area contributed by atoms with E-state index in [1.165, 1.54) is 10.5 Å². The van der Waals surface area contributed by atoms with Gasteiger partial charge >= 0.3 is 0 Å². The molecule has 2 aliphatic rings. The summed E-state index contributed by atoms with van der Waals surface area (Å²) in [6.07, 6.45) is 2.82. The highest BCUT2D eigenvalue weighted by molar-refractivity contribution is 6.21. The second-order valence-corrected chi connectivity index (χ2v) is 8.54. The molecule has 2 aliphatic heterocycles. The van der Waals surface area contributed by atoms with E-state index in [9.17, 15) is 14.4 Å². The van der Waals surface area contributed by atoms with Gasteiger partial charge in [0.1, 0.15) is 0 Å². The highest BCUT2D eigenvalue weighted by atomic mass is 16.2. The average molecular weight is 420 g/mol. The number of carbonyl (C=O) groups excluding carboxylic acids is 3. The number of likely N-dealkylation sites (tertiary alicyclic amines) is 1. The second kappa shape index (κ2) is 9.43. The maximum Gasteiger partial charge on any atom is 0.261 e. The van der Waals surface area contributed by atoms with E-state index in [1.807, 2.05) is 31.2 Å². The highest BCUT2D eigenvalue weighted by Gasteiger charge is 2.35. The molecule has 6 heteroatoms. The summed E-state index contributed by atoms with van der Waals surface area (Å²) in [6, 6.07) is 15.8. The van der Waals surface area contributed by atoms with Crippen molar-refractivity contribution in [2.75, 3.05) is 19.6 Å². The summed E-state index contributed by atoms with van der Waals surface area (Å²) < 4.78 is 0. The van der Waals surface area contributed by atoms with E-state index in [2.05, 4.69) is 22.3 Å². The number of aryl methyl sites for hydroxylation is 1. The Bertz CT molecular complexity index is 973. The molecule has 0 spiro atoms. The normalized spacial score (nSPS) is 18.9. The third-order valence-electron chi connectivity index (χ3n) is 6.03. The first-order valence-corrected chi connectivity index (χ1v) is 11.0. The number of fused-ring (bicyclic) bond motifs is 1. The molecule has 162 valence electrons. The first kappa shape index (κ1) is 21.2. The molecule has 0 aromatic heterocycles. The molecule has 1 unspecified atom stereocenters. The Morgan fingerprint density at radius 2 is 1.84 bits per heavy atom. The van der Waals surface area contributed by atoms with Crippen LogP contribution in [0.2, 0.25) is 0 Å². The Morgan fingerprint density at radius 1 is 1.06 bits per heavy atom. The van der Waals surface area contributed by atoms with Crippen LogP contribution in [0.3, 0.4) is 0 Å². The minimum absolute atomic E-state index is 0.0148. The SMILES string of the molecule is Cc1ccc2c(c1)C(=O)N(CCCC(=O)NC1CCCN(Cc3ccccc3)C1)C2=O. The first-order chi connectivity index (χ1) is 15.0. The predicted molar refractivity (Wildman–Crippen MR) is 119 cm³/mol. The highest BCUT2D eigenvalue weighted by Crippen LogP contribution is 2.24. The lowest BCUT2D eigenvalue weighted by molar-refractivity contribution is -0.122. The lowest BCUT2D eigenvalue weighted by atomic mass is 10.0. The van der Waals surface area contributed by atoms with Gasteiger partial charge in [0.05, 0.1) is 11.1 Å². The third kappa shape index (κ3) is 5.02. The lowest BCUT2D eigenvalue weighted by Gasteiger charge is -2.33. The number of imide groups is 1. The van der Waals surface area contributed by atoms with E-state index in [0.717, 1.165) is 38.0 Å². The standard InChI is InChI=1S/C25H29N3O3/c1-18-11-12-21-22(15-18)25(31)28(24(21)30)14-6-10-23(29)26-20-9-5-13-27(17-20)16-19-7-3-2-4-8-19/h2-4,7-8,11-12,15,20H,5-6,9-10,13-14,16-17H2,1H3,(H,26,29). The van der Waals surface area contributed by atoms with E-state index >= 15 is 0 Å². The van der Waals surface area contributed by atoms with Gasteiger partial charge in [0.25, 0.3) is 11.8 Å². The number of hydrogen-bond donors (Lipinski definition) is 1. The number of piperidine rings is 1. The number of benzene rings is 2. The quantitative estimate of drug-likeness (QED) is 0.700. The molecule has 4 rings (SSSR count). The molecule has 1 saturated heterocycles. The molecular formula is C25H29N3O3. The molecule has 2 heterocycles. The van der Waals surface area contributed by atoms with Crippen molar-refractivity contribution in [3.63, 3.8) is 0 Å². The fraction of sp³-hybridized carbons (Fsp3) is 0.400. The number of nitrogens with zero attached hydrogens (tertiary/aromatic N) is 2. The largest absolute Gasteiger partial charge is 0.352 e. The van der Waals surface area contributed by atoms with Gasteiger partial charge in [-0.05, 0) is 50.4 Å². The Hall–Kier alpha value is -2.99. The lowest BCUT2D eigenvalue weighted by Crippen LogP contribution is -2.47. The summed E-state index contributed by atoms with van der Waals surface area (Å²) in [5.74, 6) is -0.531. The Labute approximate surface area is 183 Å². The molecule has 3 amide bonds. The van der Waals surface area contributed by atoms with Crippen LogP contribution in [-0.4, -0.2) is 53.2 Å². The van der Waals surface area contributed by atoms with Crippen molar-refractivity contribution in [3.05, 3.63) is 70.8 Å². The van der Waals surface area contributed by atoms with E-state index in [0.29, 0.717) is 24.0 Å². The molecule has 31 heavy (non-hydrogen) atoms. The smallest absolute Gasteiger partial charge is 0.261 e. The number of amides is 3. The van der Waals surface area contributed by atoms with E-state index in [1.54, 1.807) is 12.1 Å². The van der Waals surface area contributed by atoms with Gasteiger partial charge in [-0.3, -0.25) is 24.2 Å². The summed E-state index contributed by atoms with van der Waals surface area (Å²) >= 11 is 0. The maximum absolute atomic E-state index is 12.5. The van der Waals surface area contributed by atoms with Crippen LogP contribution in [0, 0.1) is 6.92 Å². The minimum atomic E-state index is -0.260. The zero-order chi connectivity index (χ0) is 21.8. The van der Waals surface area contributed by atoms with Crippen molar-refractivity contribution < 1.29 is 14.4 Å². The molecule has 0 radical (unpaired) electrons. The van der Waals surface area contributed by atoms with Gasteiger partial charge in [0.15, 0.2) is 0 Å². The number of carbonyl (C=O) groups is 3. The minimum Gasteiger partial charge on any atom is -0.352 e. The van der Waals surface area contributed by atoms with Gasteiger partial charge in [-0.25, -0.2) is 0 Å². The summed E-state index contributed by atoms with van der Waals surface area (Å²) in [5.41, 5.74) is 3.16. The van der Waals surface area contributed by atoms with Crippen molar-refractivity contribution in [2.45, 2.75) is 45.2 Å². The maximum atomic E-state index is 12.5. The molecule has 2 aromatic rings. The van der Waals surface area contributed by atoms with E-state index in [4.69, 9.17) is 0 Å². The van der Waals surface area contributed by atoms with Gasteiger partial charge in [0.2, 0.25) is 5.91 Å². The molecule has 0 aliphatic carbocycles. The van der Waals surface area contributed by atoms with E-state index < -0.39 is 0 Å². The summed E-state index contributed by atoms with van der Waals surface area (Å²) in [5, 5.41) is 3.14. The second-order valence-electron chi connectivity index (χ2n) is 8.54. The van der Waals surface area contributed by atoms with Crippen molar-refractivity contribution in [3.8, 4) is 0 Å². The Morgan fingerprint density at radius 3 is 2.65 bits per heavy atom. The van der Waals surface area contributed by atoms with Crippen LogP contribution >= 0.6 is 0 Å². The van der Waals surface area contributed by atoms with E-state index in [-0.39, 0.29) is 30.3 Å². The average Bonchev–Trinajstić information content (AvgIpc) is 2.99. The van der Waals surface area contributed by atoms with Crippen LogP contribution in [0.25, 0.3) is 0 Å².